The van der Waals surface area contributed by atoms with Gasteiger partial charge in [0.1, 0.15) is 5.69 Å². The van der Waals surface area contributed by atoms with Gasteiger partial charge in [-0.3, -0.25) is 9.78 Å². The molecule has 0 spiro atoms. The summed E-state index contributed by atoms with van der Waals surface area (Å²) >= 11 is 0. The Bertz CT molecular complexity index is 872. The third-order valence-electron chi connectivity index (χ3n) is 4.34. The zero-order valence-corrected chi connectivity index (χ0v) is 15.1. The molecule has 5 nitrogen and oxygen atoms in total. The number of methoxy groups -OCH3 is 1. The van der Waals surface area contributed by atoms with Gasteiger partial charge in [0.15, 0.2) is 0 Å². The molecule has 0 radical (unpaired) electrons. The lowest BCUT2D eigenvalue weighted by atomic mass is 10.1. The SMILES string of the molecule is COCCNC(=O)c1cc(-c2ccncc2)cn1Cc1ccccc1C. The lowest BCUT2D eigenvalue weighted by Crippen LogP contribution is -2.29. The number of aromatic nitrogens is 2. The third-order valence-corrected chi connectivity index (χ3v) is 4.34. The highest BCUT2D eigenvalue weighted by atomic mass is 16.5. The quantitative estimate of drug-likeness (QED) is 0.666. The fraction of sp³-hybridized carbons (Fsp3) is 0.238. The Morgan fingerprint density at radius 3 is 2.65 bits per heavy atom. The van der Waals surface area contributed by atoms with E-state index in [1.54, 1.807) is 19.5 Å². The van der Waals surface area contributed by atoms with Crippen molar-refractivity contribution in [2.24, 2.45) is 0 Å². The number of nitrogens with zero attached hydrogens (tertiary/aromatic N) is 2. The number of nitrogens with one attached hydrogen (secondary N) is 1. The van der Waals surface area contributed by atoms with Crippen LogP contribution in [0.2, 0.25) is 0 Å². The predicted molar refractivity (Wildman–Crippen MR) is 102 cm³/mol. The van der Waals surface area contributed by atoms with Gasteiger partial charge in [0.05, 0.1) is 6.61 Å². The molecule has 5 heteroatoms. The fourth-order valence-corrected chi connectivity index (χ4v) is 2.86. The van der Waals surface area contributed by atoms with Crippen LogP contribution in [-0.2, 0) is 11.3 Å². The van der Waals surface area contributed by atoms with E-state index in [1.807, 2.05) is 41.1 Å². The molecular formula is C21H23N3O2. The second-order valence-electron chi connectivity index (χ2n) is 6.15. The van der Waals surface area contributed by atoms with Crippen LogP contribution in [0.3, 0.4) is 0 Å². The Morgan fingerprint density at radius 2 is 1.92 bits per heavy atom. The van der Waals surface area contributed by atoms with Crippen LogP contribution in [0.15, 0.2) is 61.1 Å². The summed E-state index contributed by atoms with van der Waals surface area (Å²) in [7, 11) is 1.62. The molecule has 0 aliphatic heterocycles. The summed E-state index contributed by atoms with van der Waals surface area (Å²) in [5.41, 5.74) is 5.07. The van der Waals surface area contributed by atoms with Crippen LogP contribution in [0.4, 0.5) is 0 Å². The van der Waals surface area contributed by atoms with Crippen LogP contribution >= 0.6 is 0 Å². The first-order valence-corrected chi connectivity index (χ1v) is 8.61. The second-order valence-corrected chi connectivity index (χ2v) is 6.15. The zero-order chi connectivity index (χ0) is 18.4. The standard InChI is InChI=1S/C21H23N3O2/c1-16-5-3-4-6-18(16)14-24-15-19(17-7-9-22-10-8-17)13-20(24)21(25)23-11-12-26-2/h3-10,13,15H,11-12,14H2,1-2H3,(H,23,25). The van der Waals surface area contributed by atoms with E-state index in [4.69, 9.17) is 4.74 Å². The van der Waals surface area contributed by atoms with Gasteiger partial charge in [-0.25, -0.2) is 0 Å². The summed E-state index contributed by atoms with van der Waals surface area (Å²) in [6.45, 7) is 3.70. The maximum absolute atomic E-state index is 12.7. The average molecular weight is 349 g/mol. The fourth-order valence-electron chi connectivity index (χ4n) is 2.86. The van der Waals surface area contributed by atoms with Crippen molar-refractivity contribution in [1.29, 1.82) is 0 Å². The molecule has 0 atom stereocenters. The van der Waals surface area contributed by atoms with Crippen molar-refractivity contribution in [3.63, 3.8) is 0 Å². The van der Waals surface area contributed by atoms with Gasteiger partial charge in [-0.15, -0.1) is 0 Å². The van der Waals surface area contributed by atoms with Gasteiger partial charge in [0, 0.05) is 44.4 Å². The molecule has 26 heavy (non-hydrogen) atoms. The van der Waals surface area contributed by atoms with Crippen LogP contribution in [0, 0.1) is 6.92 Å². The zero-order valence-electron chi connectivity index (χ0n) is 15.1. The molecule has 0 aliphatic carbocycles. The lowest BCUT2D eigenvalue weighted by Gasteiger charge is -2.11. The van der Waals surface area contributed by atoms with E-state index in [2.05, 4.69) is 29.4 Å². The van der Waals surface area contributed by atoms with Crippen molar-refractivity contribution in [2.45, 2.75) is 13.5 Å². The maximum atomic E-state index is 12.7. The Hall–Kier alpha value is -2.92. The molecule has 3 aromatic rings. The molecule has 1 aromatic carbocycles. The minimum atomic E-state index is -0.101. The molecule has 2 heterocycles. The van der Waals surface area contributed by atoms with E-state index in [1.165, 1.54) is 11.1 Å². The van der Waals surface area contributed by atoms with Gasteiger partial charge in [0.25, 0.3) is 5.91 Å². The van der Waals surface area contributed by atoms with Crippen LogP contribution in [0.1, 0.15) is 21.6 Å². The van der Waals surface area contributed by atoms with Crippen molar-refractivity contribution in [3.8, 4) is 11.1 Å². The summed E-state index contributed by atoms with van der Waals surface area (Å²) in [6.07, 6.45) is 5.53. The first-order chi connectivity index (χ1) is 12.7. The highest BCUT2D eigenvalue weighted by Gasteiger charge is 2.15. The van der Waals surface area contributed by atoms with E-state index < -0.39 is 0 Å². The van der Waals surface area contributed by atoms with Gasteiger partial charge in [0.2, 0.25) is 0 Å². The smallest absolute Gasteiger partial charge is 0.268 e. The van der Waals surface area contributed by atoms with Gasteiger partial charge in [-0.1, -0.05) is 24.3 Å². The molecule has 0 unspecified atom stereocenters. The van der Waals surface area contributed by atoms with Crippen LogP contribution in [-0.4, -0.2) is 35.7 Å². The molecule has 0 fully saturated rings. The van der Waals surface area contributed by atoms with E-state index in [9.17, 15) is 4.79 Å². The average Bonchev–Trinajstić information content (AvgIpc) is 3.08. The second kappa shape index (κ2) is 8.45. The Balaban J connectivity index is 1.93. The maximum Gasteiger partial charge on any atom is 0.268 e. The molecule has 134 valence electrons. The van der Waals surface area contributed by atoms with Crippen LogP contribution < -0.4 is 5.32 Å². The number of benzene rings is 1. The van der Waals surface area contributed by atoms with Gasteiger partial charge >= 0.3 is 0 Å². The molecule has 0 aliphatic rings. The summed E-state index contributed by atoms with van der Waals surface area (Å²) in [5, 5.41) is 2.91. The normalized spacial score (nSPS) is 10.7. The summed E-state index contributed by atoms with van der Waals surface area (Å²) < 4.78 is 7.02. The largest absolute Gasteiger partial charge is 0.383 e. The minimum absolute atomic E-state index is 0.101. The molecule has 2 aromatic heterocycles. The third kappa shape index (κ3) is 4.18. The molecular weight excluding hydrogens is 326 g/mol. The van der Waals surface area contributed by atoms with Crippen LogP contribution in [0.25, 0.3) is 11.1 Å². The van der Waals surface area contributed by atoms with Crippen molar-refractivity contribution in [2.75, 3.05) is 20.3 Å². The Kier molecular flexibility index (Phi) is 5.81. The van der Waals surface area contributed by atoms with E-state index in [0.717, 1.165) is 11.1 Å². The molecule has 3 rings (SSSR count). The summed E-state index contributed by atoms with van der Waals surface area (Å²) in [6, 6.07) is 14.0. The van der Waals surface area contributed by atoms with Gasteiger partial charge in [-0.05, 0) is 41.8 Å². The number of aryl methyl sites for hydroxylation is 1. The number of hydrogen-bond acceptors (Lipinski definition) is 3. The first-order valence-electron chi connectivity index (χ1n) is 8.61. The summed E-state index contributed by atoms with van der Waals surface area (Å²) in [4.78, 5) is 16.7. The number of pyridine rings is 1. The van der Waals surface area contributed by atoms with Crippen molar-refractivity contribution in [3.05, 3.63) is 77.9 Å². The van der Waals surface area contributed by atoms with Crippen molar-refractivity contribution in [1.82, 2.24) is 14.9 Å². The molecule has 0 saturated heterocycles. The topological polar surface area (TPSA) is 56.1 Å². The number of carbonyl (C=O) groups is 1. The van der Waals surface area contributed by atoms with E-state index in [0.29, 0.717) is 25.4 Å². The lowest BCUT2D eigenvalue weighted by molar-refractivity contribution is 0.0928. The molecule has 0 saturated carbocycles. The van der Waals surface area contributed by atoms with E-state index >= 15 is 0 Å². The van der Waals surface area contributed by atoms with Gasteiger partial charge < -0.3 is 14.6 Å². The Labute approximate surface area is 153 Å². The number of amides is 1. The van der Waals surface area contributed by atoms with Gasteiger partial charge in [-0.2, -0.15) is 0 Å². The van der Waals surface area contributed by atoms with Crippen LogP contribution in [0.5, 0.6) is 0 Å². The molecule has 1 amide bonds. The highest BCUT2D eigenvalue weighted by Crippen LogP contribution is 2.23. The van der Waals surface area contributed by atoms with Crippen molar-refractivity contribution >= 4 is 5.91 Å². The number of carbonyl (C=O) groups excluding carboxylic acids is 1. The van der Waals surface area contributed by atoms with E-state index in [-0.39, 0.29) is 5.91 Å². The number of hydrogen-bond donors (Lipinski definition) is 1. The monoisotopic (exact) mass is 349 g/mol. The highest BCUT2D eigenvalue weighted by molar-refractivity contribution is 5.94. The minimum Gasteiger partial charge on any atom is -0.383 e. The first kappa shape index (κ1) is 17.9. The summed E-state index contributed by atoms with van der Waals surface area (Å²) in [5.74, 6) is -0.101. The molecule has 1 N–H and O–H groups in total. The predicted octanol–water partition coefficient (Wildman–Crippen LogP) is 3.28. The Morgan fingerprint density at radius 1 is 1.15 bits per heavy atom. The number of ether oxygens (including phenoxy) is 1. The molecule has 0 bridgehead atoms. The number of rotatable bonds is 7. The van der Waals surface area contributed by atoms with Crippen molar-refractivity contribution < 1.29 is 9.53 Å².